The van der Waals surface area contributed by atoms with Gasteiger partial charge in [-0.3, -0.25) is 4.79 Å². The van der Waals surface area contributed by atoms with E-state index < -0.39 is 5.82 Å². The SMILES string of the molecule is CC(C)C1CCCCC1NC(=O)c1ccc(Br)c(F)c1. The molecule has 1 N–H and O–H groups in total. The molecule has 1 aromatic carbocycles. The molecule has 1 saturated carbocycles. The first-order valence-corrected chi connectivity index (χ1v) is 8.04. The predicted molar refractivity (Wildman–Crippen MR) is 82.2 cm³/mol. The molecule has 0 aliphatic heterocycles. The maximum absolute atomic E-state index is 13.5. The summed E-state index contributed by atoms with van der Waals surface area (Å²) in [6.07, 6.45) is 4.58. The molecular formula is C16H21BrFNO. The van der Waals surface area contributed by atoms with Gasteiger partial charge in [0.1, 0.15) is 5.82 Å². The minimum atomic E-state index is -0.401. The molecule has 1 aliphatic carbocycles. The minimum absolute atomic E-state index is 0.172. The fourth-order valence-corrected chi connectivity index (χ4v) is 3.27. The van der Waals surface area contributed by atoms with E-state index in [-0.39, 0.29) is 11.9 Å². The third-order valence-electron chi connectivity index (χ3n) is 4.17. The number of hydrogen-bond donors (Lipinski definition) is 1. The van der Waals surface area contributed by atoms with E-state index in [1.807, 2.05) is 0 Å². The van der Waals surface area contributed by atoms with Crippen LogP contribution in [0.4, 0.5) is 4.39 Å². The summed E-state index contributed by atoms with van der Waals surface area (Å²) in [5, 5.41) is 3.09. The van der Waals surface area contributed by atoms with Crippen LogP contribution in [0.15, 0.2) is 22.7 Å². The Bertz CT molecular complexity index is 489. The quantitative estimate of drug-likeness (QED) is 0.859. The van der Waals surface area contributed by atoms with E-state index in [4.69, 9.17) is 0 Å². The Morgan fingerprint density at radius 3 is 2.70 bits per heavy atom. The lowest BCUT2D eigenvalue weighted by molar-refractivity contribution is 0.0888. The van der Waals surface area contributed by atoms with Gasteiger partial charge in [0, 0.05) is 11.6 Å². The van der Waals surface area contributed by atoms with Crippen LogP contribution >= 0.6 is 15.9 Å². The standard InChI is InChI=1S/C16H21BrFNO/c1-10(2)12-5-3-4-6-15(12)19-16(20)11-7-8-13(17)14(18)9-11/h7-10,12,15H,3-6H2,1-2H3,(H,19,20). The number of rotatable bonds is 3. The zero-order valence-corrected chi connectivity index (χ0v) is 13.5. The molecule has 110 valence electrons. The first-order valence-electron chi connectivity index (χ1n) is 7.25. The normalized spacial score (nSPS) is 22.9. The van der Waals surface area contributed by atoms with Gasteiger partial charge in [0.25, 0.3) is 5.91 Å². The molecule has 2 nitrogen and oxygen atoms in total. The molecule has 1 amide bonds. The molecule has 0 heterocycles. The maximum Gasteiger partial charge on any atom is 0.251 e. The summed E-state index contributed by atoms with van der Waals surface area (Å²) >= 11 is 3.10. The monoisotopic (exact) mass is 341 g/mol. The predicted octanol–water partition coefficient (Wildman–Crippen LogP) is 4.53. The fraction of sp³-hybridized carbons (Fsp3) is 0.562. The van der Waals surface area contributed by atoms with E-state index >= 15 is 0 Å². The van der Waals surface area contributed by atoms with Gasteiger partial charge < -0.3 is 5.32 Å². The van der Waals surface area contributed by atoms with E-state index in [0.29, 0.717) is 21.9 Å². The number of nitrogens with one attached hydrogen (secondary N) is 1. The van der Waals surface area contributed by atoms with Crippen LogP contribution in [-0.2, 0) is 0 Å². The van der Waals surface area contributed by atoms with E-state index in [2.05, 4.69) is 35.1 Å². The fourth-order valence-electron chi connectivity index (χ4n) is 3.03. The number of amides is 1. The van der Waals surface area contributed by atoms with Crippen LogP contribution in [0.25, 0.3) is 0 Å². The molecule has 0 saturated heterocycles. The number of carbonyl (C=O) groups is 1. The molecule has 2 unspecified atom stereocenters. The second kappa shape index (κ2) is 6.70. The largest absolute Gasteiger partial charge is 0.349 e. The van der Waals surface area contributed by atoms with E-state index in [9.17, 15) is 9.18 Å². The topological polar surface area (TPSA) is 29.1 Å². The van der Waals surface area contributed by atoms with Crippen LogP contribution in [0.3, 0.4) is 0 Å². The van der Waals surface area contributed by atoms with Crippen molar-refractivity contribution in [2.75, 3.05) is 0 Å². The molecule has 20 heavy (non-hydrogen) atoms. The molecule has 2 rings (SSSR count). The average molecular weight is 342 g/mol. The van der Waals surface area contributed by atoms with Crippen molar-refractivity contribution in [3.63, 3.8) is 0 Å². The summed E-state index contributed by atoms with van der Waals surface area (Å²) < 4.78 is 13.9. The van der Waals surface area contributed by atoms with Crippen molar-refractivity contribution in [1.29, 1.82) is 0 Å². The highest BCUT2D eigenvalue weighted by molar-refractivity contribution is 9.10. The van der Waals surface area contributed by atoms with Crippen LogP contribution in [0.2, 0.25) is 0 Å². The molecule has 0 bridgehead atoms. The van der Waals surface area contributed by atoms with Gasteiger partial charge in [-0.15, -0.1) is 0 Å². The van der Waals surface area contributed by atoms with Gasteiger partial charge in [-0.05, 0) is 58.8 Å². The van der Waals surface area contributed by atoms with Crippen molar-refractivity contribution in [3.05, 3.63) is 34.1 Å². The number of benzene rings is 1. The van der Waals surface area contributed by atoms with Crippen LogP contribution in [0.1, 0.15) is 49.9 Å². The molecule has 0 aromatic heterocycles. The maximum atomic E-state index is 13.5. The third kappa shape index (κ3) is 3.60. The molecular weight excluding hydrogens is 321 g/mol. The van der Waals surface area contributed by atoms with E-state index in [1.54, 1.807) is 12.1 Å². The number of hydrogen-bond acceptors (Lipinski definition) is 1. The van der Waals surface area contributed by atoms with Crippen molar-refractivity contribution < 1.29 is 9.18 Å². The van der Waals surface area contributed by atoms with Crippen molar-refractivity contribution in [2.45, 2.75) is 45.6 Å². The lowest BCUT2D eigenvalue weighted by Crippen LogP contribution is -2.43. The van der Waals surface area contributed by atoms with Crippen molar-refractivity contribution >= 4 is 21.8 Å². The lowest BCUT2D eigenvalue weighted by atomic mass is 9.78. The second-order valence-corrected chi connectivity index (χ2v) is 6.76. The van der Waals surface area contributed by atoms with E-state index in [0.717, 1.165) is 19.3 Å². The van der Waals surface area contributed by atoms with Crippen LogP contribution in [0.5, 0.6) is 0 Å². The van der Waals surface area contributed by atoms with Crippen molar-refractivity contribution in [2.24, 2.45) is 11.8 Å². The lowest BCUT2D eigenvalue weighted by Gasteiger charge is -2.34. The summed E-state index contributed by atoms with van der Waals surface area (Å²) in [5.41, 5.74) is 0.388. The Kier molecular flexibility index (Phi) is 5.19. The summed E-state index contributed by atoms with van der Waals surface area (Å²) in [7, 11) is 0. The number of halogens is 2. The molecule has 2 atom stereocenters. The van der Waals surface area contributed by atoms with Gasteiger partial charge in [0.15, 0.2) is 0 Å². The van der Waals surface area contributed by atoms with Crippen LogP contribution in [0, 0.1) is 17.7 Å². The molecule has 1 aliphatic rings. The Morgan fingerprint density at radius 1 is 1.35 bits per heavy atom. The van der Waals surface area contributed by atoms with Gasteiger partial charge in [-0.2, -0.15) is 0 Å². The Hall–Kier alpha value is -0.900. The zero-order valence-electron chi connectivity index (χ0n) is 12.0. The first kappa shape index (κ1) is 15.5. The van der Waals surface area contributed by atoms with Crippen LogP contribution < -0.4 is 5.32 Å². The van der Waals surface area contributed by atoms with Gasteiger partial charge in [0.05, 0.1) is 4.47 Å². The van der Waals surface area contributed by atoms with Gasteiger partial charge in [-0.25, -0.2) is 4.39 Å². The zero-order chi connectivity index (χ0) is 14.7. The molecule has 4 heteroatoms. The third-order valence-corrected chi connectivity index (χ3v) is 4.82. The Balaban J connectivity index is 2.07. The van der Waals surface area contributed by atoms with E-state index in [1.165, 1.54) is 12.5 Å². The van der Waals surface area contributed by atoms with Crippen molar-refractivity contribution in [3.8, 4) is 0 Å². The van der Waals surface area contributed by atoms with Crippen LogP contribution in [-0.4, -0.2) is 11.9 Å². The first-order chi connectivity index (χ1) is 9.49. The highest BCUT2D eigenvalue weighted by Crippen LogP contribution is 2.30. The summed E-state index contributed by atoms with van der Waals surface area (Å²) in [6, 6.07) is 4.72. The van der Waals surface area contributed by atoms with Gasteiger partial charge >= 0.3 is 0 Å². The van der Waals surface area contributed by atoms with Gasteiger partial charge in [0.2, 0.25) is 0 Å². The van der Waals surface area contributed by atoms with Crippen molar-refractivity contribution in [1.82, 2.24) is 5.32 Å². The molecule has 0 spiro atoms. The number of carbonyl (C=O) groups excluding carboxylic acids is 1. The molecule has 1 aromatic rings. The molecule has 1 fully saturated rings. The highest BCUT2D eigenvalue weighted by Gasteiger charge is 2.28. The smallest absolute Gasteiger partial charge is 0.251 e. The minimum Gasteiger partial charge on any atom is -0.349 e. The van der Waals surface area contributed by atoms with Gasteiger partial charge in [-0.1, -0.05) is 26.7 Å². The summed E-state index contributed by atoms with van der Waals surface area (Å²) in [5.74, 6) is 0.505. The highest BCUT2D eigenvalue weighted by atomic mass is 79.9. The molecule has 0 radical (unpaired) electrons. The average Bonchev–Trinajstić information content (AvgIpc) is 2.42. The Morgan fingerprint density at radius 2 is 2.05 bits per heavy atom. The second-order valence-electron chi connectivity index (χ2n) is 5.90. The summed E-state index contributed by atoms with van der Waals surface area (Å²) in [6.45, 7) is 4.41. The summed E-state index contributed by atoms with van der Waals surface area (Å²) in [4.78, 5) is 12.3. The Labute approximate surface area is 128 Å².